The van der Waals surface area contributed by atoms with Gasteiger partial charge in [0.25, 0.3) is 35.4 Å². The number of anilines is 3. The lowest BCUT2D eigenvalue weighted by atomic mass is 9.82. The molecular weight excluding hydrogens is 1740 g/mol. The Labute approximate surface area is 794 Å². The Bertz CT molecular complexity index is 7090. The number of benzene rings is 9. The fraction of sp³-hybridized carbons (Fsp3) is 0.364. The van der Waals surface area contributed by atoms with Gasteiger partial charge in [0.2, 0.25) is 16.1 Å². The molecule has 27 nitrogen and oxygen atoms in total. The van der Waals surface area contributed by atoms with Gasteiger partial charge in [-0.05, 0) is 211 Å². The number of carbonyl (C=O) groups is 9. The maximum absolute atomic E-state index is 12.3. The maximum Gasteiger partial charge on any atom is 0.370 e. The number of likely N-dealkylation sites (N-methyl/N-ethyl adjacent to an activating group) is 2. The van der Waals surface area contributed by atoms with Gasteiger partial charge in [0.05, 0.1) is 29.8 Å². The molecular formula is C110H114N9O18+3. The third-order valence-electron chi connectivity index (χ3n) is 27.7. The van der Waals surface area contributed by atoms with Gasteiger partial charge in [-0.2, -0.15) is 0 Å². The van der Waals surface area contributed by atoms with Crippen LogP contribution in [0.1, 0.15) is 194 Å². The number of carbonyl (C=O) groups excluding carboxylic acids is 9. The van der Waals surface area contributed by atoms with E-state index in [1.165, 1.54) is 85.0 Å². The van der Waals surface area contributed by atoms with Gasteiger partial charge >= 0.3 is 17.9 Å². The summed E-state index contributed by atoms with van der Waals surface area (Å²) in [5, 5.41) is 8.45. The molecule has 21 rings (SSSR count). The highest BCUT2D eigenvalue weighted by Crippen LogP contribution is 2.51. The lowest BCUT2D eigenvalue weighted by Crippen LogP contribution is -2.49. The third kappa shape index (κ3) is 17.8. The third-order valence-corrected chi connectivity index (χ3v) is 27.7. The first-order chi connectivity index (χ1) is 66.0. The molecule has 0 bridgehead atoms. The van der Waals surface area contributed by atoms with Crippen molar-refractivity contribution in [2.24, 2.45) is 0 Å². The number of rotatable bonds is 21. The topological polar surface area (TPSA) is 269 Å². The van der Waals surface area contributed by atoms with Crippen LogP contribution in [-0.4, -0.2) is 167 Å². The molecule has 3 saturated heterocycles. The summed E-state index contributed by atoms with van der Waals surface area (Å²) in [6.45, 7) is 23.6. The highest BCUT2D eigenvalue weighted by Gasteiger charge is 2.42. The largest absolute Gasteiger partial charge is 0.494 e. The van der Waals surface area contributed by atoms with Crippen LogP contribution in [0, 0.1) is 0 Å². The minimum Gasteiger partial charge on any atom is -0.494 e. The van der Waals surface area contributed by atoms with Crippen molar-refractivity contribution < 1.29 is 85.8 Å². The van der Waals surface area contributed by atoms with E-state index in [0.717, 1.165) is 189 Å². The quantitative estimate of drug-likeness (QED) is 0.0280. The number of ether oxygens (including phenoxy) is 5. The van der Waals surface area contributed by atoms with Crippen LogP contribution in [0.4, 0.5) is 17.1 Å². The zero-order valence-electron chi connectivity index (χ0n) is 79.8. The van der Waals surface area contributed by atoms with Crippen LogP contribution < -0.4 is 78.6 Å². The van der Waals surface area contributed by atoms with Crippen LogP contribution >= 0.6 is 0 Å². The zero-order chi connectivity index (χ0) is 95.7. The fourth-order valence-corrected chi connectivity index (χ4v) is 21.4. The number of hydrogen-bond acceptors (Lipinski definition) is 21. The Hall–Kier alpha value is -14.5. The van der Waals surface area contributed by atoms with Crippen molar-refractivity contribution in [3.63, 3.8) is 0 Å². The highest BCUT2D eigenvalue weighted by molar-refractivity contribution is 6.05. The molecule has 6 amide bonds. The molecule has 0 atom stereocenters. The molecule has 1 aliphatic carbocycles. The normalized spacial score (nSPS) is 17.1. The number of aryl methyl sites for hydroxylation is 2. The van der Waals surface area contributed by atoms with Crippen molar-refractivity contribution >= 4 is 104 Å². The number of unbranched alkanes of at least 4 members (excludes halogenated alkanes) is 1. The second-order valence-electron chi connectivity index (χ2n) is 38.2. The number of fused-ring (bicyclic) bond motifs is 10. The van der Waals surface area contributed by atoms with Crippen LogP contribution in [0.2, 0.25) is 0 Å². The predicted octanol–water partition coefficient (Wildman–Crippen LogP) is 13.3. The number of amides is 6. The first-order valence-corrected chi connectivity index (χ1v) is 47.8. The molecule has 0 radical (unpaired) electrons. The van der Waals surface area contributed by atoms with Gasteiger partial charge in [-0.15, -0.1) is 15.2 Å². The maximum atomic E-state index is 12.3. The van der Waals surface area contributed by atoms with Gasteiger partial charge in [-0.25, -0.2) is 28.1 Å². The van der Waals surface area contributed by atoms with E-state index < -0.39 is 66.6 Å². The van der Waals surface area contributed by atoms with E-state index in [9.17, 15) is 43.2 Å². The average molecular weight is 1850 g/mol. The molecule has 137 heavy (non-hydrogen) atoms. The monoisotopic (exact) mass is 1850 g/mol. The fourth-order valence-electron chi connectivity index (χ4n) is 21.4. The van der Waals surface area contributed by atoms with Gasteiger partial charge < -0.3 is 57.3 Å². The summed E-state index contributed by atoms with van der Waals surface area (Å²) in [6, 6.07) is 49.5. The van der Waals surface area contributed by atoms with Crippen molar-refractivity contribution in [2.45, 2.75) is 176 Å². The summed E-state index contributed by atoms with van der Waals surface area (Å²) in [6.07, 6.45) is 15.1. The standard InChI is InChI=1S/C44H50N3O6.C37H36N3O6.C29H28N3O6/c1-9-45-35-23-37-33(21-31(35)27(3)25-43(45,5)6)42(34-22-32-28(4)26-44(7,8)46(10-2)36(32)24-38(34)52-37)29-14-16-30(17-15-29)51-20-12-11-13-41(50)53-47-39(48)18-19-40(47)49;41-30-13-14-31(42)40(30)46-32(43)21-44-25-11-9-22(10-12-25)33-28-19-23-5-1-15-38-17-3-7-26(34(23)38)36(28)45-37-27-8-4-18-39-16-2-6-24(35(27)39)20-29(33)37;1-30(2)19-7-11-22-24(15-19)37-25-16-20(31(3)4)8-12-23(25)29(22)18-5-9-21(10-6-18)36-17-28(35)38-32-26(33)13-14-27(32)34/h14-17,21-26H,9-13,18-20H2,1-8H3;9-12,19-20H,1-8,13-18,21H2;5-12,15-16H,13-14,17H2,1-4H3/q3*+1. The highest BCUT2D eigenvalue weighted by atomic mass is 16.7. The van der Waals surface area contributed by atoms with Crippen LogP contribution in [0.15, 0.2) is 162 Å². The summed E-state index contributed by atoms with van der Waals surface area (Å²) < 4.78 is 44.8. The van der Waals surface area contributed by atoms with E-state index in [1.807, 2.05) is 86.2 Å². The van der Waals surface area contributed by atoms with Crippen LogP contribution in [0.25, 0.3) is 55.7 Å². The number of allylic oxidation sites excluding steroid dienone is 2. The lowest BCUT2D eigenvalue weighted by molar-refractivity contribution is -0.198. The number of hydroxylamine groups is 6. The van der Waals surface area contributed by atoms with Gasteiger partial charge in [0.15, 0.2) is 18.8 Å². The van der Waals surface area contributed by atoms with Gasteiger partial charge in [0.1, 0.15) is 85.3 Å². The molecule has 704 valence electrons. The number of imide groups is 3. The number of nitrogens with zero attached hydrogens (tertiary/aromatic N) is 9. The van der Waals surface area contributed by atoms with Crippen molar-refractivity contribution in [3.8, 4) is 62.7 Å². The summed E-state index contributed by atoms with van der Waals surface area (Å²) >= 11 is 0. The minimum atomic E-state index is -0.826. The Kier molecular flexibility index (Phi) is 24.9. The van der Waals surface area contributed by atoms with Crippen molar-refractivity contribution in [1.29, 1.82) is 0 Å². The second-order valence-corrected chi connectivity index (χ2v) is 38.2. The van der Waals surface area contributed by atoms with E-state index in [1.54, 1.807) is 12.1 Å². The first-order valence-electron chi connectivity index (χ1n) is 47.8. The molecule has 0 N–H and O–H groups in total. The number of hydrogen-bond donors (Lipinski definition) is 0. The Morgan fingerprint density at radius 2 is 1.07 bits per heavy atom. The average Bonchev–Trinajstić information content (AvgIpc) is 1.39. The lowest BCUT2D eigenvalue weighted by Gasteiger charge is -2.43. The molecule has 0 saturated carbocycles. The SMILES string of the molecule is CCN1c2cc3c(cc2C(C)=CC1(C)C)C(c1ccc(OCCCCC(=O)ON2C(=O)CCC2=O)cc1)=c1cc2c(cc1O3)=[N+](CC)C(C)(C)C=C2C.CN(C)c1ccc2c(-c3ccc(OCC(=O)ON4C(=O)CCC4=O)cc3)c3ccc(=[N+](C)C)cc-3oc2c1.O=C(COc1ccc(C2=c3cc4c5c(c3Oc3c2cc2c6c3CCCN6CCC2)CCC[N+]=5CCC4)cc1)ON1C(=O)CCC1=O. The van der Waals surface area contributed by atoms with E-state index >= 15 is 0 Å². The molecule has 3 fully saturated rings. The molecule has 0 spiro atoms. The summed E-state index contributed by atoms with van der Waals surface area (Å²) in [7, 11) is 7.95. The molecule has 8 aromatic carbocycles. The van der Waals surface area contributed by atoms with Crippen molar-refractivity contribution in [1.82, 2.24) is 28.9 Å². The molecule has 12 heterocycles. The first kappa shape index (κ1) is 91.6. The molecule has 0 aromatic heterocycles. The predicted molar refractivity (Wildman–Crippen MR) is 519 cm³/mol. The smallest absolute Gasteiger partial charge is 0.370 e. The summed E-state index contributed by atoms with van der Waals surface area (Å²) in [5.41, 5.74) is 24.2. The minimum absolute atomic E-state index is 0.0392. The molecule has 12 aliphatic heterocycles. The van der Waals surface area contributed by atoms with Crippen LogP contribution in [-0.2, 0) is 83.3 Å². The van der Waals surface area contributed by atoms with E-state index in [4.69, 9.17) is 42.6 Å². The van der Waals surface area contributed by atoms with E-state index in [-0.39, 0.29) is 56.0 Å². The molecule has 27 heteroatoms. The molecule has 0 unspecified atom stereocenters. The van der Waals surface area contributed by atoms with Crippen LogP contribution in [0.5, 0.6) is 40.2 Å². The molecule has 13 aliphatic rings. The Balaban J connectivity index is 0.000000133. The van der Waals surface area contributed by atoms with E-state index in [2.05, 4.69) is 171 Å². The van der Waals surface area contributed by atoms with Crippen molar-refractivity contribution in [2.75, 3.05) is 102 Å². The Morgan fingerprint density at radius 1 is 0.504 bits per heavy atom. The van der Waals surface area contributed by atoms with E-state index in [0.29, 0.717) is 46.1 Å². The Morgan fingerprint density at radius 3 is 1.68 bits per heavy atom. The van der Waals surface area contributed by atoms with Gasteiger partial charge in [-0.1, -0.05) is 42.5 Å². The van der Waals surface area contributed by atoms with Gasteiger partial charge in [0, 0.05) is 212 Å². The van der Waals surface area contributed by atoms with Gasteiger partial charge in [-0.3, -0.25) is 28.8 Å². The van der Waals surface area contributed by atoms with Crippen molar-refractivity contribution in [3.05, 3.63) is 240 Å². The molecule has 8 aromatic rings. The summed E-state index contributed by atoms with van der Waals surface area (Å²) in [4.78, 5) is 129. The summed E-state index contributed by atoms with van der Waals surface area (Å²) in [5.74, 6) is 0.926. The second kappa shape index (κ2) is 37.3. The zero-order valence-corrected chi connectivity index (χ0v) is 79.8. The van der Waals surface area contributed by atoms with Crippen LogP contribution in [0.3, 0.4) is 0 Å².